The molecule has 0 fully saturated rings. The highest BCUT2D eigenvalue weighted by Crippen LogP contribution is 2.26. The van der Waals surface area contributed by atoms with Crippen molar-refractivity contribution in [1.82, 2.24) is 0 Å². The summed E-state index contributed by atoms with van der Waals surface area (Å²) in [5.41, 5.74) is 2.04. The number of carbonyl (C=O) groups excluding carboxylic acids is 2. The SMILES string of the molecule is COC(=O)C(Cc1ccccc1)SC(Cc1ccccc1)C(=O)OC. The Morgan fingerprint density at radius 3 is 1.44 bits per heavy atom. The smallest absolute Gasteiger partial charge is 0.319 e. The molecule has 2 unspecified atom stereocenters. The van der Waals surface area contributed by atoms with E-state index in [1.54, 1.807) is 0 Å². The molecule has 0 aliphatic rings. The summed E-state index contributed by atoms with van der Waals surface area (Å²) in [7, 11) is 2.73. The molecule has 0 saturated carbocycles. The number of thioether (sulfide) groups is 1. The van der Waals surface area contributed by atoms with Crippen molar-refractivity contribution in [2.45, 2.75) is 23.3 Å². The number of ether oxygens (including phenoxy) is 2. The van der Waals surface area contributed by atoms with Crippen LogP contribution in [0.4, 0.5) is 0 Å². The summed E-state index contributed by atoms with van der Waals surface area (Å²) in [6.07, 6.45) is 1.00. The molecule has 0 N–H and O–H groups in total. The van der Waals surface area contributed by atoms with Crippen molar-refractivity contribution < 1.29 is 19.1 Å². The topological polar surface area (TPSA) is 52.6 Å². The predicted octanol–water partition coefficient (Wildman–Crippen LogP) is 3.29. The van der Waals surface area contributed by atoms with Gasteiger partial charge in [-0.25, -0.2) is 0 Å². The van der Waals surface area contributed by atoms with E-state index in [4.69, 9.17) is 9.47 Å². The molecule has 2 atom stereocenters. The molecule has 0 saturated heterocycles. The van der Waals surface area contributed by atoms with Crippen LogP contribution >= 0.6 is 11.8 Å². The first kappa shape index (κ1) is 19.1. The maximum absolute atomic E-state index is 12.2. The van der Waals surface area contributed by atoms with E-state index in [0.717, 1.165) is 11.1 Å². The first-order valence-electron chi connectivity index (χ1n) is 8.03. The normalized spacial score (nSPS) is 12.9. The number of methoxy groups -OCH3 is 2. The minimum Gasteiger partial charge on any atom is -0.468 e. The number of benzene rings is 2. The summed E-state index contributed by atoms with van der Waals surface area (Å²) in [6, 6.07) is 19.4. The first-order valence-corrected chi connectivity index (χ1v) is 8.97. The van der Waals surface area contributed by atoms with Gasteiger partial charge in [-0.1, -0.05) is 60.7 Å². The summed E-state index contributed by atoms with van der Waals surface area (Å²) in [4.78, 5) is 24.4. The molecule has 4 nitrogen and oxygen atoms in total. The molecule has 0 amide bonds. The van der Waals surface area contributed by atoms with E-state index in [9.17, 15) is 9.59 Å². The molecule has 0 spiro atoms. The largest absolute Gasteiger partial charge is 0.468 e. The van der Waals surface area contributed by atoms with E-state index in [1.165, 1.54) is 26.0 Å². The average molecular weight is 358 g/mol. The van der Waals surface area contributed by atoms with Gasteiger partial charge in [-0.15, -0.1) is 11.8 Å². The Morgan fingerprint density at radius 2 is 1.12 bits per heavy atom. The summed E-state index contributed by atoms with van der Waals surface area (Å²) < 4.78 is 9.87. The highest BCUT2D eigenvalue weighted by molar-refractivity contribution is 8.01. The van der Waals surface area contributed by atoms with Crippen LogP contribution in [-0.2, 0) is 31.9 Å². The molecule has 0 radical (unpaired) electrons. The van der Waals surface area contributed by atoms with Crippen molar-refractivity contribution in [1.29, 1.82) is 0 Å². The number of rotatable bonds is 8. The van der Waals surface area contributed by atoms with Crippen LogP contribution in [0.3, 0.4) is 0 Å². The summed E-state index contributed by atoms with van der Waals surface area (Å²) in [5.74, 6) is -0.674. The van der Waals surface area contributed by atoms with Gasteiger partial charge in [0, 0.05) is 0 Å². The van der Waals surface area contributed by atoms with Gasteiger partial charge in [-0.3, -0.25) is 9.59 Å². The van der Waals surface area contributed by atoms with Crippen LogP contribution < -0.4 is 0 Å². The van der Waals surface area contributed by atoms with Gasteiger partial charge >= 0.3 is 11.9 Å². The number of hydrogen-bond donors (Lipinski definition) is 0. The van der Waals surface area contributed by atoms with Crippen LogP contribution in [0.25, 0.3) is 0 Å². The second kappa shape index (κ2) is 9.89. The van der Waals surface area contributed by atoms with E-state index in [2.05, 4.69) is 0 Å². The van der Waals surface area contributed by atoms with E-state index in [-0.39, 0.29) is 11.9 Å². The van der Waals surface area contributed by atoms with E-state index in [1.807, 2.05) is 60.7 Å². The van der Waals surface area contributed by atoms with Gasteiger partial charge in [0.1, 0.15) is 10.5 Å². The molecular weight excluding hydrogens is 336 g/mol. The summed E-state index contributed by atoms with van der Waals surface area (Å²) in [5, 5.41) is -0.944. The second-order valence-electron chi connectivity index (χ2n) is 5.54. The molecule has 0 bridgehead atoms. The minimum absolute atomic E-state index is 0.337. The number of hydrogen-bond acceptors (Lipinski definition) is 5. The Bertz CT molecular complexity index is 613. The molecule has 0 aromatic heterocycles. The zero-order valence-corrected chi connectivity index (χ0v) is 15.2. The highest BCUT2D eigenvalue weighted by Gasteiger charge is 2.29. The molecule has 5 heteroatoms. The fourth-order valence-electron chi connectivity index (χ4n) is 2.49. The Balaban J connectivity index is 2.16. The van der Waals surface area contributed by atoms with E-state index < -0.39 is 10.5 Å². The lowest BCUT2D eigenvalue weighted by molar-refractivity contribution is -0.139. The Kier molecular flexibility index (Phi) is 7.54. The molecule has 0 heterocycles. The van der Waals surface area contributed by atoms with Crippen molar-refractivity contribution in [2.75, 3.05) is 14.2 Å². The summed E-state index contributed by atoms with van der Waals surface area (Å²) in [6.45, 7) is 0. The molecule has 132 valence electrons. The zero-order chi connectivity index (χ0) is 18.1. The van der Waals surface area contributed by atoms with Crippen molar-refractivity contribution in [3.05, 3.63) is 71.8 Å². The van der Waals surface area contributed by atoms with Gasteiger partial charge in [0.2, 0.25) is 0 Å². The quantitative estimate of drug-likeness (QED) is 0.678. The zero-order valence-electron chi connectivity index (χ0n) is 14.4. The lowest BCUT2D eigenvalue weighted by Gasteiger charge is -2.20. The van der Waals surface area contributed by atoms with Gasteiger partial charge in [0.15, 0.2) is 0 Å². The Morgan fingerprint density at radius 1 is 0.760 bits per heavy atom. The lowest BCUT2D eigenvalue weighted by Crippen LogP contribution is -2.30. The van der Waals surface area contributed by atoms with Gasteiger partial charge in [0.25, 0.3) is 0 Å². The fourth-order valence-corrected chi connectivity index (χ4v) is 3.88. The number of esters is 2. The minimum atomic E-state index is -0.472. The fraction of sp³-hybridized carbons (Fsp3) is 0.300. The molecule has 2 aromatic rings. The second-order valence-corrected chi connectivity index (χ2v) is 6.95. The molecule has 2 aromatic carbocycles. The number of carbonyl (C=O) groups is 2. The van der Waals surface area contributed by atoms with Gasteiger partial charge in [-0.2, -0.15) is 0 Å². The van der Waals surface area contributed by atoms with Crippen LogP contribution in [0.2, 0.25) is 0 Å². The first-order chi connectivity index (χ1) is 12.1. The standard InChI is InChI=1S/C20H22O4S/c1-23-19(21)17(13-15-9-5-3-6-10-15)25-18(20(22)24-2)14-16-11-7-4-8-12-16/h3-12,17-18H,13-14H2,1-2H3. The van der Waals surface area contributed by atoms with Crippen LogP contribution in [0, 0.1) is 0 Å². The van der Waals surface area contributed by atoms with Crippen molar-refractivity contribution in [3.63, 3.8) is 0 Å². The van der Waals surface area contributed by atoms with Gasteiger partial charge in [-0.05, 0) is 24.0 Å². The van der Waals surface area contributed by atoms with Gasteiger partial charge in [0.05, 0.1) is 14.2 Å². The third-order valence-electron chi connectivity index (χ3n) is 3.78. The Labute approximate surface area is 152 Å². The Hall–Kier alpha value is -2.27. The van der Waals surface area contributed by atoms with E-state index in [0.29, 0.717) is 12.8 Å². The molecule has 2 rings (SSSR count). The maximum Gasteiger partial charge on any atom is 0.319 e. The molecule has 0 aliphatic heterocycles. The highest BCUT2D eigenvalue weighted by atomic mass is 32.2. The van der Waals surface area contributed by atoms with Crippen LogP contribution in [-0.4, -0.2) is 36.7 Å². The average Bonchev–Trinajstić information content (AvgIpc) is 2.67. The van der Waals surface area contributed by atoms with Gasteiger partial charge < -0.3 is 9.47 Å². The molecular formula is C20H22O4S. The van der Waals surface area contributed by atoms with Crippen LogP contribution in [0.15, 0.2) is 60.7 Å². The predicted molar refractivity (Wildman–Crippen MR) is 99.5 cm³/mol. The van der Waals surface area contributed by atoms with Crippen molar-refractivity contribution in [2.24, 2.45) is 0 Å². The van der Waals surface area contributed by atoms with Crippen LogP contribution in [0.1, 0.15) is 11.1 Å². The lowest BCUT2D eigenvalue weighted by atomic mass is 10.1. The maximum atomic E-state index is 12.2. The van der Waals surface area contributed by atoms with Crippen molar-refractivity contribution in [3.8, 4) is 0 Å². The summed E-state index contributed by atoms with van der Waals surface area (Å²) >= 11 is 1.30. The van der Waals surface area contributed by atoms with E-state index >= 15 is 0 Å². The van der Waals surface area contributed by atoms with Crippen molar-refractivity contribution >= 4 is 23.7 Å². The monoisotopic (exact) mass is 358 g/mol. The molecule has 25 heavy (non-hydrogen) atoms. The van der Waals surface area contributed by atoms with Crippen LogP contribution in [0.5, 0.6) is 0 Å². The third-order valence-corrected chi connectivity index (χ3v) is 5.16. The third kappa shape index (κ3) is 5.94. The molecule has 0 aliphatic carbocycles.